The van der Waals surface area contributed by atoms with Gasteiger partial charge in [0, 0.05) is 17.1 Å². The Hall–Kier alpha value is -1.16. The number of hydrogen-bond donors (Lipinski definition) is 2. The summed E-state index contributed by atoms with van der Waals surface area (Å²) in [5, 5.41) is 2.88. The number of anilines is 1. The molecule has 0 saturated heterocycles. The van der Waals surface area contributed by atoms with Gasteiger partial charge < -0.3 is 11.1 Å². The highest BCUT2D eigenvalue weighted by Gasteiger charge is 2.01. The van der Waals surface area contributed by atoms with Gasteiger partial charge in [0.15, 0.2) is 0 Å². The summed E-state index contributed by atoms with van der Waals surface area (Å²) >= 11 is 1.51. The van der Waals surface area contributed by atoms with Crippen molar-refractivity contribution in [3.8, 4) is 0 Å². The van der Waals surface area contributed by atoms with E-state index in [1.54, 1.807) is 0 Å². The molecule has 0 aliphatic carbocycles. The van der Waals surface area contributed by atoms with Crippen LogP contribution >= 0.6 is 11.8 Å². The summed E-state index contributed by atoms with van der Waals surface area (Å²) in [7, 11) is 0. The average molecular weight is 238 g/mol. The van der Waals surface area contributed by atoms with Crippen LogP contribution in [0.2, 0.25) is 0 Å². The molecule has 0 heterocycles. The molecule has 0 unspecified atom stereocenters. The summed E-state index contributed by atoms with van der Waals surface area (Å²) in [5.74, 6) is 0.536. The van der Waals surface area contributed by atoms with E-state index in [0.717, 1.165) is 30.0 Å². The van der Waals surface area contributed by atoms with Crippen LogP contribution < -0.4 is 11.1 Å². The van der Waals surface area contributed by atoms with Crippen molar-refractivity contribution in [2.24, 2.45) is 0 Å². The zero-order valence-electron chi connectivity index (χ0n) is 9.53. The van der Waals surface area contributed by atoms with Crippen LogP contribution in [-0.4, -0.2) is 18.2 Å². The van der Waals surface area contributed by atoms with Crippen LogP contribution in [0.15, 0.2) is 29.2 Å². The third-order valence-electron chi connectivity index (χ3n) is 2.08. The van der Waals surface area contributed by atoms with Crippen molar-refractivity contribution in [1.82, 2.24) is 5.32 Å². The first-order chi connectivity index (χ1) is 7.72. The molecular formula is C12H18N2OS. The molecule has 1 aromatic rings. The van der Waals surface area contributed by atoms with Gasteiger partial charge in [0.05, 0.1) is 5.75 Å². The molecule has 1 rings (SSSR count). The number of carbonyl (C=O) groups is 1. The minimum Gasteiger partial charge on any atom is -0.399 e. The van der Waals surface area contributed by atoms with Gasteiger partial charge in [-0.25, -0.2) is 0 Å². The second-order valence-electron chi connectivity index (χ2n) is 3.56. The number of carbonyl (C=O) groups excluding carboxylic acids is 1. The number of rotatable bonds is 6. The SMILES string of the molecule is CCCCNC(=O)CSc1cccc(N)c1. The molecule has 1 amide bonds. The summed E-state index contributed by atoms with van der Waals surface area (Å²) in [6, 6.07) is 7.57. The molecule has 1 aromatic carbocycles. The van der Waals surface area contributed by atoms with E-state index >= 15 is 0 Å². The van der Waals surface area contributed by atoms with E-state index in [9.17, 15) is 4.79 Å². The Kier molecular flexibility index (Phi) is 5.78. The first kappa shape index (κ1) is 12.9. The van der Waals surface area contributed by atoms with Gasteiger partial charge >= 0.3 is 0 Å². The highest BCUT2D eigenvalue weighted by molar-refractivity contribution is 8.00. The van der Waals surface area contributed by atoms with Crippen molar-refractivity contribution < 1.29 is 4.79 Å². The Morgan fingerprint density at radius 1 is 1.50 bits per heavy atom. The zero-order chi connectivity index (χ0) is 11.8. The maximum atomic E-state index is 11.4. The third kappa shape index (κ3) is 5.07. The standard InChI is InChI=1S/C12H18N2OS/c1-2-3-7-14-12(15)9-16-11-6-4-5-10(13)8-11/h4-6,8H,2-3,7,9,13H2,1H3,(H,14,15). The van der Waals surface area contributed by atoms with Gasteiger partial charge in [0.1, 0.15) is 0 Å². The fourth-order valence-corrected chi connectivity index (χ4v) is 2.00. The monoisotopic (exact) mass is 238 g/mol. The molecule has 0 aliphatic rings. The molecule has 0 bridgehead atoms. The molecule has 4 heteroatoms. The molecule has 0 spiro atoms. The molecule has 0 aromatic heterocycles. The lowest BCUT2D eigenvalue weighted by molar-refractivity contribution is -0.118. The Bertz CT molecular complexity index is 342. The Labute approximate surface area is 101 Å². The van der Waals surface area contributed by atoms with Crippen molar-refractivity contribution >= 4 is 23.4 Å². The van der Waals surface area contributed by atoms with Gasteiger partial charge in [0.25, 0.3) is 0 Å². The highest BCUT2D eigenvalue weighted by atomic mass is 32.2. The Balaban J connectivity index is 2.26. The van der Waals surface area contributed by atoms with Gasteiger partial charge in [-0.1, -0.05) is 19.4 Å². The van der Waals surface area contributed by atoms with E-state index in [-0.39, 0.29) is 5.91 Å². The number of unbranched alkanes of at least 4 members (excludes halogenated alkanes) is 1. The molecule has 88 valence electrons. The van der Waals surface area contributed by atoms with Crippen LogP contribution in [0.1, 0.15) is 19.8 Å². The normalized spacial score (nSPS) is 10.1. The van der Waals surface area contributed by atoms with E-state index in [4.69, 9.17) is 5.73 Å². The highest BCUT2D eigenvalue weighted by Crippen LogP contribution is 2.19. The Morgan fingerprint density at radius 3 is 3.00 bits per heavy atom. The lowest BCUT2D eigenvalue weighted by Crippen LogP contribution is -2.25. The summed E-state index contributed by atoms with van der Waals surface area (Å²) in [6.45, 7) is 2.88. The largest absolute Gasteiger partial charge is 0.399 e. The second kappa shape index (κ2) is 7.17. The average Bonchev–Trinajstić information content (AvgIpc) is 2.27. The smallest absolute Gasteiger partial charge is 0.230 e. The first-order valence-corrected chi connectivity index (χ1v) is 6.46. The number of thioether (sulfide) groups is 1. The van der Waals surface area contributed by atoms with E-state index in [0.29, 0.717) is 5.75 Å². The third-order valence-corrected chi connectivity index (χ3v) is 3.07. The van der Waals surface area contributed by atoms with Gasteiger partial charge in [-0.15, -0.1) is 11.8 Å². The van der Waals surface area contributed by atoms with E-state index in [1.165, 1.54) is 11.8 Å². The van der Waals surface area contributed by atoms with E-state index in [2.05, 4.69) is 12.2 Å². The fourth-order valence-electron chi connectivity index (χ4n) is 1.21. The van der Waals surface area contributed by atoms with Gasteiger partial charge in [-0.2, -0.15) is 0 Å². The minimum absolute atomic E-state index is 0.0841. The molecule has 0 aliphatic heterocycles. The van der Waals surface area contributed by atoms with Crippen LogP contribution in [0, 0.1) is 0 Å². The van der Waals surface area contributed by atoms with E-state index < -0.39 is 0 Å². The Morgan fingerprint density at radius 2 is 2.31 bits per heavy atom. The summed E-state index contributed by atoms with van der Waals surface area (Å²) in [6.07, 6.45) is 2.14. The minimum atomic E-state index is 0.0841. The van der Waals surface area contributed by atoms with Gasteiger partial charge in [0.2, 0.25) is 5.91 Å². The van der Waals surface area contributed by atoms with Crippen LogP contribution in [0.25, 0.3) is 0 Å². The lowest BCUT2D eigenvalue weighted by Gasteiger charge is -2.04. The first-order valence-electron chi connectivity index (χ1n) is 5.47. The lowest BCUT2D eigenvalue weighted by atomic mass is 10.3. The molecular weight excluding hydrogens is 220 g/mol. The van der Waals surface area contributed by atoms with Crippen molar-refractivity contribution in [2.45, 2.75) is 24.7 Å². The van der Waals surface area contributed by atoms with Crippen LogP contribution in [-0.2, 0) is 4.79 Å². The quantitative estimate of drug-likeness (QED) is 0.454. The van der Waals surface area contributed by atoms with Crippen LogP contribution in [0.5, 0.6) is 0 Å². The molecule has 16 heavy (non-hydrogen) atoms. The molecule has 3 nitrogen and oxygen atoms in total. The number of nitrogens with one attached hydrogen (secondary N) is 1. The van der Waals surface area contributed by atoms with E-state index in [1.807, 2.05) is 24.3 Å². The number of amides is 1. The van der Waals surface area contributed by atoms with Crippen LogP contribution in [0.3, 0.4) is 0 Å². The molecule has 0 radical (unpaired) electrons. The predicted octanol–water partition coefficient (Wildman–Crippen LogP) is 2.28. The summed E-state index contributed by atoms with van der Waals surface area (Å²) < 4.78 is 0. The van der Waals surface area contributed by atoms with Crippen LogP contribution in [0.4, 0.5) is 5.69 Å². The van der Waals surface area contributed by atoms with Crippen molar-refractivity contribution in [2.75, 3.05) is 18.0 Å². The van der Waals surface area contributed by atoms with Crippen molar-refractivity contribution in [3.63, 3.8) is 0 Å². The molecule has 3 N–H and O–H groups in total. The van der Waals surface area contributed by atoms with Crippen molar-refractivity contribution in [3.05, 3.63) is 24.3 Å². The number of nitrogens with two attached hydrogens (primary N) is 1. The molecule has 0 fully saturated rings. The van der Waals surface area contributed by atoms with Gasteiger partial charge in [-0.05, 0) is 24.6 Å². The number of benzene rings is 1. The summed E-state index contributed by atoms with van der Waals surface area (Å²) in [5.41, 5.74) is 6.38. The topological polar surface area (TPSA) is 55.1 Å². The maximum absolute atomic E-state index is 11.4. The van der Waals surface area contributed by atoms with Gasteiger partial charge in [-0.3, -0.25) is 4.79 Å². The predicted molar refractivity (Wildman–Crippen MR) is 69.5 cm³/mol. The number of hydrogen-bond acceptors (Lipinski definition) is 3. The molecule has 0 saturated carbocycles. The molecule has 0 atom stereocenters. The second-order valence-corrected chi connectivity index (χ2v) is 4.61. The van der Waals surface area contributed by atoms with Crippen molar-refractivity contribution in [1.29, 1.82) is 0 Å². The maximum Gasteiger partial charge on any atom is 0.230 e. The number of nitrogen functional groups attached to an aromatic ring is 1. The summed E-state index contributed by atoms with van der Waals surface area (Å²) in [4.78, 5) is 12.4. The fraction of sp³-hybridized carbons (Fsp3) is 0.417. The zero-order valence-corrected chi connectivity index (χ0v) is 10.3.